The van der Waals surface area contributed by atoms with Gasteiger partial charge in [0.1, 0.15) is 11.6 Å². The molecule has 174 valence electrons. The topological polar surface area (TPSA) is 109 Å². The summed E-state index contributed by atoms with van der Waals surface area (Å²) in [6.07, 6.45) is 1.03. The van der Waals surface area contributed by atoms with Crippen molar-refractivity contribution < 1.29 is 14.3 Å². The Labute approximate surface area is 203 Å². The van der Waals surface area contributed by atoms with Crippen molar-refractivity contribution in [1.29, 1.82) is 5.41 Å². The van der Waals surface area contributed by atoms with E-state index in [2.05, 4.69) is 5.32 Å². The van der Waals surface area contributed by atoms with Crippen LogP contribution in [0.25, 0.3) is 0 Å². The Morgan fingerprint density at radius 2 is 1.71 bits per heavy atom. The maximum atomic E-state index is 13.3. The highest BCUT2D eigenvalue weighted by Gasteiger charge is 2.25. The molecule has 0 bridgehead atoms. The molecule has 1 heterocycles. The minimum absolute atomic E-state index is 0.0619. The lowest BCUT2D eigenvalue weighted by molar-refractivity contribution is -0.123. The molecule has 0 radical (unpaired) electrons. The van der Waals surface area contributed by atoms with Crippen LogP contribution in [0.1, 0.15) is 40.4 Å². The Morgan fingerprint density at radius 3 is 2.38 bits per heavy atom. The lowest BCUT2D eigenvalue weighted by Gasteiger charge is -2.20. The fraction of sp³-hybridized carbons (Fsp3) is 0.192. The van der Waals surface area contributed by atoms with Gasteiger partial charge in [0.25, 0.3) is 11.8 Å². The number of benzene rings is 3. The average Bonchev–Trinajstić information content (AvgIpc) is 3.39. The molecule has 1 unspecified atom stereocenters. The number of nitrogens with one attached hydrogen (secondary N) is 2. The summed E-state index contributed by atoms with van der Waals surface area (Å²) in [7, 11) is 0. The van der Waals surface area contributed by atoms with Crippen LogP contribution >= 0.6 is 11.6 Å². The summed E-state index contributed by atoms with van der Waals surface area (Å²) in [5.74, 6) is -0.191. The summed E-state index contributed by atoms with van der Waals surface area (Å²) in [4.78, 5) is 27.7. The van der Waals surface area contributed by atoms with Crippen molar-refractivity contribution in [1.82, 2.24) is 4.90 Å². The number of nitrogen functional groups attached to an aromatic ring is 1. The lowest BCUT2D eigenvalue weighted by atomic mass is 10.1. The third-order valence-corrected chi connectivity index (χ3v) is 5.92. The van der Waals surface area contributed by atoms with Gasteiger partial charge < -0.3 is 20.7 Å². The van der Waals surface area contributed by atoms with E-state index in [1.807, 2.05) is 18.2 Å². The van der Waals surface area contributed by atoms with Crippen molar-refractivity contribution in [3.05, 3.63) is 94.5 Å². The number of rotatable bonds is 7. The fourth-order valence-corrected chi connectivity index (χ4v) is 4.05. The number of carbonyl (C=O) groups excluding carboxylic acids is 2. The summed E-state index contributed by atoms with van der Waals surface area (Å²) < 4.78 is 6.03. The van der Waals surface area contributed by atoms with Crippen LogP contribution in [0.2, 0.25) is 5.02 Å². The van der Waals surface area contributed by atoms with Gasteiger partial charge in [-0.1, -0.05) is 54.1 Å². The smallest absolute Gasteiger partial charge is 0.270 e. The Hall–Kier alpha value is -3.84. The van der Waals surface area contributed by atoms with E-state index in [0.717, 1.165) is 25.9 Å². The number of halogens is 1. The lowest BCUT2D eigenvalue weighted by Crippen LogP contribution is -2.28. The molecule has 34 heavy (non-hydrogen) atoms. The van der Waals surface area contributed by atoms with Crippen molar-refractivity contribution >= 4 is 34.9 Å². The number of anilines is 1. The molecule has 1 saturated heterocycles. The molecule has 1 aliphatic heterocycles. The second-order valence-electron chi connectivity index (χ2n) is 8.03. The molecule has 1 aliphatic rings. The van der Waals surface area contributed by atoms with Crippen molar-refractivity contribution in [2.24, 2.45) is 5.73 Å². The largest absolute Gasteiger partial charge is 0.476 e. The summed E-state index contributed by atoms with van der Waals surface area (Å²) in [6, 6.07) is 20.6. The zero-order valence-electron chi connectivity index (χ0n) is 18.5. The molecule has 0 aliphatic carbocycles. The summed E-state index contributed by atoms with van der Waals surface area (Å²) in [5.41, 5.74) is 7.59. The van der Waals surface area contributed by atoms with Crippen LogP contribution in [0, 0.1) is 5.41 Å². The third-order valence-electron chi connectivity index (χ3n) is 5.61. The molecule has 7 nitrogen and oxygen atoms in total. The monoisotopic (exact) mass is 476 g/mol. The highest BCUT2D eigenvalue weighted by Crippen LogP contribution is 2.28. The van der Waals surface area contributed by atoms with Gasteiger partial charge in [0.05, 0.1) is 10.7 Å². The number of ether oxygens (including phenoxy) is 1. The molecule has 0 saturated carbocycles. The van der Waals surface area contributed by atoms with E-state index in [4.69, 9.17) is 27.5 Å². The maximum Gasteiger partial charge on any atom is 0.270 e. The fourth-order valence-electron chi connectivity index (χ4n) is 3.82. The predicted octanol–water partition coefficient (Wildman–Crippen LogP) is 4.62. The van der Waals surface area contributed by atoms with Crippen LogP contribution in [-0.4, -0.2) is 35.6 Å². The quantitative estimate of drug-likeness (QED) is 0.341. The Morgan fingerprint density at radius 1 is 0.971 bits per heavy atom. The molecule has 1 atom stereocenters. The number of hydrogen-bond acceptors (Lipinski definition) is 4. The number of nitrogens with zero attached hydrogens (tertiary/aromatic N) is 1. The molecule has 2 amide bonds. The SMILES string of the molecule is N=C(N)c1cccc(OC(C(=O)Nc2ccc(C(=O)N3CCCC3)cc2Cl)c2ccccc2)c1. The van der Waals surface area contributed by atoms with Gasteiger partial charge in [0.2, 0.25) is 6.10 Å². The first-order chi connectivity index (χ1) is 16.4. The van der Waals surface area contributed by atoms with Crippen molar-refractivity contribution in [2.75, 3.05) is 18.4 Å². The van der Waals surface area contributed by atoms with Crippen LogP contribution in [0.4, 0.5) is 5.69 Å². The average molecular weight is 477 g/mol. The van der Waals surface area contributed by atoms with Gasteiger partial charge in [-0.05, 0) is 43.2 Å². The Bertz CT molecular complexity index is 1210. The standard InChI is InChI=1S/C26H25ClN4O3/c27-21-16-19(26(33)31-13-4-5-14-31)11-12-22(21)30-25(32)23(17-7-2-1-3-8-17)34-20-10-6-9-18(15-20)24(28)29/h1-3,6-12,15-16,23H,4-5,13-14H2,(H3,28,29)(H,30,32). The van der Waals surface area contributed by atoms with Gasteiger partial charge in [0, 0.05) is 29.8 Å². The van der Waals surface area contributed by atoms with E-state index in [-0.39, 0.29) is 16.8 Å². The molecular formula is C26H25ClN4O3. The Balaban J connectivity index is 1.55. The van der Waals surface area contributed by atoms with Crippen LogP contribution < -0.4 is 15.8 Å². The van der Waals surface area contributed by atoms with Crippen LogP contribution in [0.15, 0.2) is 72.8 Å². The number of likely N-dealkylation sites (tertiary alicyclic amines) is 1. The molecule has 3 aromatic rings. The third kappa shape index (κ3) is 5.38. The normalized spacial score (nSPS) is 13.9. The zero-order valence-corrected chi connectivity index (χ0v) is 19.2. The summed E-state index contributed by atoms with van der Waals surface area (Å²) >= 11 is 6.43. The molecule has 4 N–H and O–H groups in total. The molecule has 4 rings (SSSR count). The minimum Gasteiger partial charge on any atom is -0.476 e. The molecule has 0 aromatic heterocycles. The highest BCUT2D eigenvalue weighted by atomic mass is 35.5. The summed E-state index contributed by atoms with van der Waals surface area (Å²) in [6.45, 7) is 1.49. The van der Waals surface area contributed by atoms with E-state index in [1.54, 1.807) is 59.5 Å². The zero-order chi connectivity index (χ0) is 24.1. The van der Waals surface area contributed by atoms with E-state index < -0.39 is 12.0 Å². The molecule has 3 aromatic carbocycles. The van der Waals surface area contributed by atoms with Crippen molar-refractivity contribution in [3.63, 3.8) is 0 Å². The van der Waals surface area contributed by atoms with E-state index in [1.165, 1.54) is 0 Å². The predicted molar refractivity (Wildman–Crippen MR) is 132 cm³/mol. The molecular weight excluding hydrogens is 452 g/mol. The summed E-state index contributed by atoms with van der Waals surface area (Å²) in [5, 5.41) is 10.7. The van der Waals surface area contributed by atoms with Gasteiger partial charge in [0.15, 0.2) is 0 Å². The number of carbonyl (C=O) groups is 2. The maximum absolute atomic E-state index is 13.3. The van der Waals surface area contributed by atoms with E-state index >= 15 is 0 Å². The highest BCUT2D eigenvalue weighted by molar-refractivity contribution is 6.34. The van der Waals surface area contributed by atoms with Crippen LogP contribution in [0.5, 0.6) is 5.75 Å². The number of hydrogen-bond donors (Lipinski definition) is 3. The van der Waals surface area contributed by atoms with Crippen LogP contribution in [0.3, 0.4) is 0 Å². The number of nitrogens with two attached hydrogens (primary N) is 1. The van der Waals surface area contributed by atoms with Gasteiger partial charge in [-0.25, -0.2) is 0 Å². The van der Waals surface area contributed by atoms with Crippen molar-refractivity contribution in [2.45, 2.75) is 18.9 Å². The number of amides is 2. The second-order valence-corrected chi connectivity index (χ2v) is 8.44. The first-order valence-electron chi connectivity index (χ1n) is 11.0. The van der Waals surface area contributed by atoms with E-state index in [9.17, 15) is 9.59 Å². The first-order valence-corrected chi connectivity index (χ1v) is 11.4. The van der Waals surface area contributed by atoms with Gasteiger partial charge in [-0.3, -0.25) is 15.0 Å². The molecule has 8 heteroatoms. The van der Waals surface area contributed by atoms with E-state index in [0.29, 0.717) is 28.1 Å². The van der Waals surface area contributed by atoms with Crippen molar-refractivity contribution in [3.8, 4) is 5.75 Å². The molecule has 0 spiro atoms. The van der Waals surface area contributed by atoms with Gasteiger partial charge >= 0.3 is 0 Å². The second kappa shape index (κ2) is 10.4. The first kappa shape index (κ1) is 23.3. The van der Waals surface area contributed by atoms with Crippen LogP contribution in [-0.2, 0) is 4.79 Å². The minimum atomic E-state index is -0.981. The van der Waals surface area contributed by atoms with Gasteiger partial charge in [-0.2, -0.15) is 0 Å². The Kier molecular flexibility index (Phi) is 7.13. The number of amidine groups is 1. The molecule has 1 fully saturated rings. The van der Waals surface area contributed by atoms with Gasteiger partial charge in [-0.15, -0.1) is 0 Å².